The molecule has 0 aliphatic rings. The molecule has 2 aromatic carbocycles. The van der Waals surface area contributed by atoms with Gasteiger partial charge < -0.3 is 15.0 Å². The lowest BCUT2D eigenvalue weighted by Crippen LogP contribution is -2.43. The molecule has 2 rings (SSSR count). The number of rotatable bonds is 10. The molecule has 0 aliphatic carbocycles. The fourth-order valence-corrected chi connectivity index (χ4v) is 3.29. The third-order valence-corrected chi connectivity index (χ3v) is 4.67. The van der Waals surface area contributed by atoms with Crippen LogP contribution in [0.4, 0.5) is 11.4 Å². The van der Waals surface area contributed by atoms with Crippen molar-refractivity contribution in [1.82, 2.24) is 4.90 Å². The van der Waals surface area contributed by atoms with Gasteiger partial charge in [0.15, 0.2) is 0 Å². The molecule has 6 nitrogen and oxygen atoms in total. The molecule has 0 saturated heterocycles. The van der Waals surface area contributed by atoms with Crippen molar-refractivity contribution >= 4 is 23.2 Å². The zero-order valence-electron chi connectivity index (χ0n) is 17.8. The number of anilines is 2. The highest BCUT2D eigenvalue weighted by atomic mass is 16.5. The lowest BCUT2D eigenvalue weighted by molar-refractivity contribution is -0.121. The van der Waals surface area contributed by atoms with E-state index in [0.717, 1.165) is 17.7 Å². The van der Waals surface area contributed by atoms with Crippen LogP contribution in [-0.4, -0.2) is 50.0 Å². The molecule has 29 heavy (non-hydrogen) atoms. The quantitative estimate of drug-likeness (QED) is 0.664. The predicted octanol–water partition coefficient (Wildman–Crippen LogP) is 3.71. The summed E-state index contributed by atoms with van der Waals surface area (Å²) in [7, 11) is 1.57. The minimum Gasteiger partial charge on any atom is -0.495 e. The van der Waals surface area contributed by atoms with Crippen LogP contribution < -0.4 is 15.0 Å². The first-order chi connectivity index (χ1) is 14.0. The largest absolute Gasteiger partial charge is 0.495 e. The Morgan fingerprint density at radius 2 is 1.69 bits per heavy atom. The lowest BCUT2D eigenvalue weighted by Gasteiger charge is -2.27. The van der Waals surface area contributed by atoms with Crippen molar-refractivity contribution in [2.24, 2.45) is 0 Å². The van der Waals surface area contributed by atoms with Gasteiger partial charge in [0.25, 0.3) is 0 Å². The summed E-state index contributed by atoms with van der Waals surface area (Å²) in [5.41, 5.74) is 2.59. The Hall–Kier alpha value is -2.86. The van der Waals surface area contributed by atoms with Crippen LogP contribution in [0.1, 0.15) is 25.8 Å². The van der Waals surface area contributed by atoms with Crippen molar-refractivity contribution in [1.29, 1.82) is 0 Å². The third kappa shape index (κ3) is 6.32. The first-order valence-corrected chi connectivity index (χ1v) is 10.0. The number of ether oxygens (including phenoxy) is 1. The zero-order chi connectivity index (χ0) is 21.2. The number of benzene rings is 2. The molecule has 2 aromatic rings. The van der Waals surface area contributed by atoms with Crippen molar-refractivity contribution in [3.63, 3.8) is 0 Å². The number of amides is 2. The second-order valence-electron chi connectivity index (χ2n) is 6.88. The van der Waals surface area contributed by atoms with E-state index < -0.39 is 0 Å². The van der Waals surface area contributed by atoms with Gasteiger partial charge in [0.1, 0.15) is 5.75 Å². The molecule has 0 saturated carbocycles. The molecule has 6 heteroatoms. The summed E-state index contributed by atoms with van der Waals surface area (Å²) in [6.07, 6.45) is 0.853. The van der Waals surface area contributed by atoms with E-state index in [9.17, 15) is 9.59 Å². The number of hydrogen-bond acceptors (Lipinski definition) is 4. The van der Waals surface area contributed by atoms with E-state index in [1.54, 1.807) is 24.1 Å². The Balaban J connectivity index is 2.05. The molecule has 2 amide bonds. The number of nitrogens with one attached hydrogen (secondary N) is 1. The van der Waals surface area contributed by atoms with Gasteiger partial charge in [-0.1, -0.05) is 37.3 Å². The van der Waals surface area contributed by atoms with Gasteiger partial charge in [-0.15, -0.1) is 0 Å². The van der Waals surface area contributed by atoms with Crippen LogP contribution in [0, 0.1) is 6.92 Å². The lowest BCUT2D eigenvalue weighted by atomic mass is 10.2. The number of carbonyl (C=O) groups excluding carboxylic acids is 2. The second-order valence-corrected chi connectivity index (χ2v) is 6.88. The summed E-state index contributed by atoms with van der Waals surface area (Å²) in [4.78, 5) is 29.2. The van der Waals surface area contributed by atoms with Gasteiger partial charge in [-0.05, 0) is 50.6 Å². The van der Waals surface area contributed by atoms with Crippen molar-refractivity contribution in [3.8, 4) is 5.75 Å². The average molecular weight is 398 g/mol. The van der Waals surface area contributed by atoms with Gasteiger partial charge in [-0.25, -0.2) is 0 Å². The number of hydrogen-bond donors (Lipinski definition) is 1. The highest BCUT2D eigenvalue weighted by molar-refractivity contribution is 5.97. The first-order valence-electron chi connectivity index (χ1n) is 10.0. The minimum atomic E-state index is -0.172. The number of methoxy groups -OCH3 is 1. The first kappa shape index (κ1) is 22.4. The Labute approximate surface area is 173 Å². The van der Waals surface area contributed by atoms with Gasteiger partial charge >= 0.3 is 0 Å². The van der Waals surface area contributed by atoms with Gasteiger partial charge in [-0.3, -0.25) is 14.5 Å². The Bertz CT molecular complexity index is 823. The molecule has 0 atom stereocenters. The second kappa shape index (κ2) is 11.2. The van der Waals surface area contributed by atoms with Crippen LogP contribution in [-0.2, 0) is 9.59 Å². The summed E-state index contributed by atoms with van der Waals surface area (Å²) in [6, 6.07) is 15.1. The number of likely N-dealkylation sites (N-methyl/N-ethyl adjacent to an activating group) is 1. The highest BCUT2D eigenvalue weighted by Gasteiger charge is 2.20. The van der Waals surface area contributed by atoms with Crippen LogP contribution in [0.25, 0.3) is 0 Å². The summed E-state index contributed by atoms with van der Waals surface area (Å²) < 4.78 is 5.28. The number of nitrogens with zero attached hydrogens (tertiary/aromatic N) is 2. The molecule has 0 aliphatic heterocycles. The normalized spacial score (nSPS) is 10.7. The van der Waals surface area contributed by atoms with Crippen molar-refractivity contribution < 1.29 is 14.3 Å². The monoisotopic (exact) mass is 397 g/mol. The van der Waals surface area contributed by atoms with E-state index in [0.29, 0.717) is 24.5 Å². The molecule has 156 valence electrons. The maximum Gasteiger partial charge on any atom is 0.241 e. The zero-order valence-corrected chi connectivity index (χ0v) is 17.8. The highest BCUT2D eigenvalue weighted by Crippen LogP contribution is 2.23. The van der Waals surface area contributed by atoms with E-state index in [4.69, 9.17) is 4.74 Å². The van der Waals surface area contributed by atoms with Crippen LogP contribution in [0.15, 0.2) is 48.5 Å². The molecule has 0 aromatic heterocycles. The Morgan fingerprint density at radius 1 is 1.00 bits per heavy atom. The van der Waals surface area contributed by atoms with Crippen LogP contribution in [0.2, 0.25) is 0 Å². The summed E-state index contributed by atoms with van der Waals surface area (Å²) in [5.74, 6) is 0.422. The van der Waals surface area contributed by atoms with Gasteiger partial charge in [0.2, 0.25) is 11.8 Å². The Kier molecular flexibility index (Phi) is 8.68. The maximum atomic E-state index is 13.0. The minimum absolute atomic E-state index is 0.0136. The smallest absolute Gasteiger partial charge is 0.241 e. The van der Waals surface area contributed by atoms with Crippen LogP contribution >= 0.6 is 0 Å². The molecule has 0 radical (unpaired) electrons. The molecule has 0 spiro atoms. The van der Waals surface area contributed by atoms with E-state index in [1.165, 1.54) is 0 Å². The van der Waals surface area contributed by atoms with Crippen molar-refractivity contribution in [2.45, 2.75) is 27.2 Å². The molecule has 0 unspecified atom stereocenters. The number of aryl methyl sites for hydroxylation is 1. The summed E-state index contributed by atoms with van der Waals surface area (Å²) in [6.45, 7) is 7.57. The van der Waals surface area contributed by atoms with E-state index in [1.807, 2.05) is 62.1 Å². The molecule has 0 heterocycles. The fraction of sp³-hybridized carbons (Fsp3) is 0.391. The predicted molar refractivity (Wildman–Crippen MR) is 118 cm³/mol. The van der Waals surface area contributed by atoms with Crippen LogP contribution in [0.5, 0.6) is 5.75 Å². The van der Waals surface area contributed by atoms with E-state index >= 15 is 0 Å². The average Bonchev–Trinajstić information content (AvgIpc) is 2.70. The number of para-hydroxylation sites is 3. The molecular formula is C23H31N3O3. The molecule has 1 N–H and O–H groups in total. The van der Waals surface area contributed by atoms with Gasteiger partial charge in [0.05, 0.1) is 25.9 Å². The Morgan fingerprint density at radius 3 is 2.34 bits per heavy atom. The number of carbonyl (C=O) groups is 2. The van der Waals surface area contributed by atoms with E-state index in [-0.39, 0.29) is 24.9 Å². The van der Waals surface area contributed by atoms with Gasteiger partial charge in [0, 0.05) is 12.2 Å². The third-order valence-electron chi connectivity index (χ3n) is 4.67. The van der Waals surface area contributed by atoms with Crippen LogP contribution in [0.3, 0.4) is 0 Å². The summed E-state index contributed by atoms with van der Waals surface area (Å²) in [5, 5.41) is 2.88. The maximum absolute atomic E-state index is 13.0. The fourth-order valence-electron chi connectivity index (χ4n) is 3.29. The molecular weight excluding hydrogens is 366 g/mol. The SMILES string of the molecule is CCCN(CC(=O)Nc1ccccc1OC)CC(=O)N(CC)c1ccccc1C. The van der Waals surface area contributed by atoms with Crippen molar-refractivity contribution in [2.75, 3.05) is 43.5 Å². The molecule has 0 fully saturated rings. The van der Waals surface area contributed by atoms with E-state index in [2.05, 4.69) is 5.32 Å². The standard InChI is InChI=1S/C23H31N3O3/c1-5-15-25(16-22(27)24-19-12-8-10-14-21(19)29-4)17-23(28)26(6-2)20-13-9-7-11-18(20)3/h7-14H,5-6,15-17H2,1-4H3,(H,24,27). The topological polar surface area (TPSA) is 61.9 Å². The summed E-state index contributed by atoms with van der Waals surface area (Å²) >= 11 is 0. The van der Waals surface area contributed by atoms with Crippen molar-refractivity contribution in [3.05, 3.63) is 54.1 Å². The molecule has 0 bridgehead atoms. The van der Waals surface area contributed by atoms with Gasteiger partial charge in [-0.2, -0.15) is 0 Å².